The lowest BCUT2D eigenvalue weighted by molar-refractivity contribution is 0.0862. The monoisotopic (exact) mass is 249 g/mol. The van der Waals surface area contributed by atoms with Crippen molar-refractivity contribution in [3.8, 4) is 0 Å². The van der Waals surface area contributed by atoms with Gasteiger partial charge in [-0.15, -0.1) is 0 Å². The summed E-state index contributed by atoms with van der Waals surface area (Å²) in [5.41, 5.74) is 8.71. The van der Waals surface area contributed by atoms with Gasteiger partial charge in [-0.25, -0.2) is 9.97 Å². The number of nitrogen functional groups attached to an aromatic ring is 1. The van der Waals surface area contributed by atoms with Gasteiger partial charge < -0.3 is 10.5 Å². The lowest BCUT2D eigenvalue weighted by Crippen LogP contribution is -2.08. The van der Waals surface area contributed by atoms with Crippen molar-refractivity contribution in [2.45, 2.75) is 25.9 Å². The predicted octanol–water partition coefficient (Wildman–Crippen LogP) is 2.68. The van der Waals surface area contributed by atoms with Crippen LogP contribution in [0.4, 0.5) is 5.69 Å². The third-order valence-electron chi connectivity index (χ3n) is 3.19. The number of aromatic nitrogens is 2. The number of nitrogens with zero attached hydrogens (tertiary/aromatic N) is 2. The number of thiazole rings is 1. The molecule has 2 heterocycles. The zero-order valence-electron chi connectivity index (χ0n) is 9.93. The number of pyridine rings is 1. The lowest BCUT2D eigenvalue weighted by Gasteiger charge is -2.17. The topological polar surface area (TPSA) is 61.0 Å². The molecule has 0 saturated heterocycles. The second kappa shape index (κ2) is 3.92. The summed E-state index contributed by atoms with van der Waals surface area (Å²) in [6, 6.07) is 0. The molecule has 2 aromatic rings. The van der Waals surface area contributed by atoms with Gasteiger partial charge in [0, 0.05) is 12.7 Å². The van der Waals surface area contributed by atoms with Crippen molar-refractivity contribution in [2.24, 2.45) is 5.92 Å². The largest absolute Gasteiger partial charge is 0.397 e. The van der Waals surface area contributed by atoms with Crippen LogP contribution in [0.3, 0.4) is 0 Å². The second-order valence-electron chi connectivity index (χ2n) is 4.51. The molecule has 1 unspecified atom stereocenters. The molecule has 0 spiro atoms. The SMILES string of the molecule is COC(c1c(N)cnc2sc(C)nc12)C1CC1. The van der Waals surface area contributed by atoms with Gasteiger partial charge in [-0.05, 0) is 25.7 Å². The zero-order valence-corrected chi connectivity index (χ0v) is 10.8. The first kappa shape index (κ1) is 10.9. The number of anilines is 1. The van der Waals surface area contributed by atoms with E-state index in [1.807, 2.05) is 6.92 Å². The van der Waals surface area contributed by atoms with Crippen LogP contribution in [0.2, 0.25) is 0 Å². The van der Waals surface area contributed by atoms with Gasteiger partial charge in [-0.3, -0.25) is 0 Å². The van der Waals surface area contributed by atoms with Crippen molar-refractivity contribution in [2.75, 3.05) is 12.8 Å². The molecule has 1 atom stereocenters. The molecule has 4 nitrogen and oxygen atoms in total. The van der Waals surface area contributed by atoms with Crippen LogP contribution >= 0.6 is 11.3 Å². The summed E-state index contributed by atoms with van der Waals surface area (Å²) < 4.78 is 5.62. The van der Waals surface area contributed by atoms with E-state index in [9.17, 15) is 0 Å². The smallest absolute Gasteiger partial charge is 0.143 e. The highest BCUT2D eigenvalue weighted by Gasteiger charge is 2.35. The quantitative estimate of drug-likeness (QED) is 0.908. The summed E-state index contributed by atoms with van der Waals surface area (Å²) in [5.74, 6) is 0.593. The Hall–Kier alpha value is -1.20. The summed E-state index contributed by atoms with van der Waals surface area (Å²) in [6.07, 6.45) is 4.22. The van der Waals surface area contributed by atoms with E-state index in [0.29, 0.717) is 11.6 Å². The van der Waals surface area contributed by atoms with Gasteiger partial charge in [0.05, 0.1) is 23.0 Å². The summed E-state index contributed by atoms with van der Waals surface area (Å²) >= 11 is 1.60. The molecule has 0 radical (unpaired) electrons. The number of ether oxygens (including phenoxy) is 1. The maximum atomic E-state index is 6.06. The van der Waals surface area contributed by atoms with Crippen molar-refractivity contribution in [1.82, 2.24) is 9.97 Å². The highest BCUT2D eigenvalue weighted by molar-refractivity contribution is 7.18. The summed E-state index contributed by atoms with van der Waals surface area (Å²) in [7, 11) is 1.74. The Balaban J connectivity index is 2.20. The van der Waals surface area contributed by atoms with E-state index in [4.69, 9.17) is 10.5 Å². The van der Waals surface area contributed by atoms with E-state index in [1.165, 1.54) is 12.8 Å². The Morgan fingerprint density at radius 1 is 1.53 bits per heavy atom. The Labute approximate surface area is 104 Å². The Morgan fingerprint density at radius 3 is 2.94 bits per heavy atom. The van der Waals surface area contributed by atoms with Crippen molar-refractivity contribution in [1.29, 1.82) is 0 Å². The molecule has 90 valence electrons. The Kier molecular flexibility index (Phi) is 2.52. The molecule has 3 rings (SSSR count). The highest BCUT2D eigenvalue weighted by atomic mass is 32.1. The lowest BCUT2D eigenvalue weighted by atomic mass is 10.0. The molecule has 5 heteroatoms. The molecule has 1 saturated carbocycles. The molecular formula is C12H15N3OS. The van der Waals surface area contributed by atoms with Gasteiger partial charge in [-0.2, -0.15) is 0 Å². The molecule has 0 bridgehead atoms. The summed E-state index contributed by atoms with van der Waals surface area (Å²) in [4.78, 5) is 9.84. The van der Waals surface area contributed by atoms with Gasteiger partial charge in [0.2, 0.25) is 0 Å². The number of hydrogen-bond donors (Lipinski definition) is 1. The van der Waals surface area contributed by atoms with Crippen LogP contribution in [0.25, 0.3) is 10.3 Å². The highest BCUT2D eigenvalue weighted by Crippen LogP contribution is 2.46. The minimum Gasteiger partial charge on any atom is -0.397 e. The van der Waals surface area contributed by atoms with E-state index in [1.54, 1.807) is 24.6 Å². The maximum Gasteiger partial charge on any atom is 0.143 e. The fourth-order valence-electron chi connectivity index (χ4n) is 2.26. The average Bonchev–Trinajstić information content (AvgIpc) is 3.05. The molecule has 0 aromatic carbocycles. The van der Waals surface area contributed by atoms with Crippen LogP contribution < -0.4 is 5.73 Å². The molecule has 0 amide bonds. The van der Waals surface area contributed by atoms with Gasteiger partial charge in [0.15, 0.2) is 0 Å². The van der Waals surface area contributed by atoms with Crippen molar-refractivity contribution in [3.63, 3.8) is 0 Å². The van der Waals surface area contributed by atoms with Crippen LogP contribution in [-0.2, 0) is 4.74 Å². The molecular weight excluding hydrogens is 234 g/mol. The molecule has 2 aromatic heterocycles. The number of nitrogens with two attached hydrogens (primary N) is 1. The molecule has 1 fully saturated rings. The van der Waals surface area contributed by atoms with Crippen LogP contribution in [-0.4, -0.2) is 17.1 Å². The van der Waals surface area contributed by atoms with E-state index < -0.39 is 0 Å². The molecule has 1 aliphatic carbocycles. The normalized spacial score (nSPS) is 17.5. The van der Waals surface area contributed by atoms with Crippen molar-refractivity contribution in [3.05, 3.63) is 16.8 Å². The Bertz CT molecular complexity index is 562. The van der Waals surface area contributed by atoms with Crippen LogP contribution in [0.15, 0.2) is 6.20 Å². The van der Waals surface area contributed by atoms with Crippen LogP contribution in [0, 0.1) is 12.8 Å². The minimum atomic E-state index is 0.0713. The number of rotatable bonds is 3. The van der Waals surface area contributed by atoms with Crippen LogP contribution in [0.1, 0.15) is 29.5 Å². The Morgan fingerprint density at radius 2 is 2.29 bits per heavy atom. The van der Waals surface area contributed by atoms with Crippen molar-refractivity contribution < 1.29 is 4.74 Å². The van der Waals surface area contributed by atoms with E-state index in [0.717, 1.165) is 20.9 Å². The van der Waals surface area contributed by atoms with Gasteiger partial charge >= 0.3 is 0 Å². The first-order valence-corrected chi connectivity index (χ1v) is 6.56. The molecule has 1 aliphatic rings. The summed E-state index contributed by atoms with van der Waals surface area (Å²) in [6.45, 7) is 1.99. The fourth-order valence-corrected chi connectivity index (χ4v) is 3.03. The predicted molar refractivity (Wildman–Crippen MR) is 69.0 cm³/mol. The zero-order chi connectivity index (χ0) is 12.0. The van der Waals surface area contributed by atoms with E-state index >= 15 is 0 Å². The van der Waals surface area contributed by atoms with Gasteiger partial charge in [0.25, 0.3) is 0 Å². The number of methoxy groups -OCH3 is 1. The second-order valence-corrected chi connectivity index (χ2v) is 5.69. The van der Waals surface area contributed by atoms with E-state index in [2.05, 4.69) is 9.97 Å². The third kappa shape index (κ3) is 1.79. The number of fused-ring (bicyclic) bond motifs is 1. The third-order valence-corrected chi connectivity index (χ3v) is 4.07. The average molecular weight is 249 g/mol. The first-order valence-electron chi connectivity index (χ1n) is 5.75. The molecule has 0 aliphatic heterocycles. The van der Waals surface area contributed by atoms with E-state index in [-0.39, 0.29) is 6.10 Å². The standard InChI is InChI=1S/C12H15N3OS/c1-6-15-10-9(11(16-2)7-3-4-7)8(13)5-14-12(10)17-6/h5,7,11H,3-4,13H2,1-2H3. The minimum absolute atomic E-state index is 0.0713. The van der Waals surface area contributed by atoms with Crippen molar-refractivity contribution >= 4 is 27.4 Å². The number of aryl methyl sites for hydroxylation is 1. The maximum absolute atomic E-state index is 6.06. The molecule has 17 heavy (non-hydrogen) atoms. The van der Waals surface area contributed by atoms with Gasteiger partial charge in [-0.1, -0.05) is 11.3 Å². The molecule has 2 N–H and O–H groups in total. The first-order chi connectivity index (χ1) is 8.20. The summed E-state index contributed by atoms with van der Waals surface area (Å²) in [5, 5.41) is 1.02. The van der Waals surface area contributed by atoms with Gasteiger partial charge in [0.1, 0.15) is 10.3 Å². The number of hydrogen-bond acceptors (Lipinski definition) is 5. The van der Waals surface area contributed by atoms with Crippen LogP contribution in [0.5, 0.6) is 0 Å². The fraction of sp³-hybridized carbons (Fsp3) is 0.500.